The van der Waals surface area contributed by atoms with Gasteiger partial charge in [-0.15, -0.1) is 0 Å². The van der Waals surface area contributed by atoms with E-state index >= 15 is 0 Å². The number of anilines is 1. The van der Waals surface area contributed by atoms with E-state index in [2.05, 4.69) is 10.6 Å². The summed E-state index contributed by atoms with van der Waals surface area (Å²) in [5.74, 6) is 0.680. The molecule has 0 bridgehead atoms. The summed E-state index contributed by atoms with van der Waals surface area (Å²) in [6, 6.07) is 9.12. The normalized spacial score (nSPS) is 12.2. The predicted octanol–water partition coefficient (Wildman–Crippen LogP) is 3.53. The lowest BCUT2D eigenvalue weighted by atomic mass is 10.2. The van der Waals surface area contributed by atoms with Gasteiger partial charge in [0.15, 0.2) is 0 Å². The Morgan fingerprint density at radius 1 is 1.40 bits per heavy atom. The van der Waals surface area contributed by atoms with Gasteiger partial charge in [0.1, 0.15) is 5.76 Å². The molecule has 0 radical (unpaired) electrons. The number of carbonyl (C=O) groups is 1. The molecule has 2 aromatic rings. The van der Waals surface area contributed by atoms with Gasteiger partial charge < -0.3 is 9.73 Å². The number of benzene rings is 1. The van der Waals surface area contributed by atoms with E-state index in [9.17, 15) is 4.79 Å². The molecular weight excluding hydrogens is 276 g/mol. The van der Waals surface area contributed by atoms with Gasteiger partial charge in [0.25, 0.3) is 0 Å². The average molecular weight is 293 g/mol. The van der Waals surface area contributed by atoms with Crippen molar-refractivity contribution in [2.24, 2.45) is 0 Å². The lowest BCUT2D eigenvalue weighted by molar-refractivity contribution is -0.115. The fraction of sp³-hybridized carbons (Fsp3) is 0.267. The first-order chi connectivity index (χ1) is 9.56. The van der Waals surface area contributed by atoms with E-state index in [1.54, 1.807) is 12.3 Å². The van der Waals surface area contributed by atoms with E-state index in [1.807, 2.05) is 38.1 Å². The zero-order chi connectivity index (χ0) is 14.5. The van der Waals surface area contributed by atoms with Crippen LogP contribution in [0.25, 0.3) is 0 Å². The minimum Gasteiger partial charge on any atom is -0.468 e. The molecule has 0 saturated carbocycles. The molecule has 20 heavy (non-hydrogen) atoms. The van der Waals surface area contributed by atoms with E-state index in [4.69, 9.17) is 16.0 Å². The maximum atomic E-state index is 11.8. The lowest BCUT2D eigenvalue weighted by Crippen LogP contribution is -2.29. The Bertz CT molecular complexity index is 582. The number of hydrogen-bond donors (Lipinski definition) is 2. The van der Waals surface area contributed by atoms with Crippen molar-refractivity contribution in [2.45, 2.75) is 19.9 Å². The van der Waals surface area contributed by atoms with Crippen molar-refractivity contribution in [3.05, 3.63) is 52.9 Å². The van der Waals surface area contributed by atoms with Gasteiger partial charge in [0, 0.05) is 10.7 Å². The molecule has 0 fully saturated rings. The van der Waals surface area contributed by atoms with Gasteiger partial charge in [0.05, 0.1) is 18.8 Å². The van der Waals surface area contributed by atoms with Crippen LogP contribution in [0.15, 0.2) is 41.0 Å². The van der Waals surface area contributed by atoms with E-state index in [-0.39, 0.29) is 18.5 Å². The maximum Gasteiger partial charge on any atom is 0.238 e. The average Bonchev–Trinajstić information content (AvgIpc) is 2.94. The second-order valence-corrected chi connectivity index (χ2v) is 5.04. The lowest BCUT2D eigenvalue weighted by Gasteiger charge is -2.11. The zero-order valence-electron chi connectivity index (χ0n) is 11.4. The van der Waals surface area contributed by atoms with Crippen LogP contribution in [0.1, 0.15) is 24.3 Å². The molecule has 4 nitrogen and oxygen atoms in total. The molecule has 0 spiro atoms. The predicted molar refractivity (Wildman–Crippen MR) is 79.9 cm³/mol. The highest BCUT2D eigenvalue weighted by Gasteiger charge is 2.10. The van der Waals surface area contributed by atoms with Crippen LogP contribution in [0.4, 0.5) is 5.69 Å². The third kappa shape index (κ3) is 3.85. The van der Waals surface area contributed by atoms with Gasteiger partial charge in [-0.2, -0.15) is 0 Å². The molecule has 0 aliphatic carbocycles. The molecule has 106 valence electrons. The van der Waals surface area contributed by atoms with Crippen molar-refractivity contribution in [1.82, 2.24) is 5.32 Å². The third-order valence-electron chi connectivity index (χ3n) is 2.99. The Labute approximate surface area is 123 Å². The summed E-state index contributed by atoms with van der Waals surface area (Å²) in [6.07, 6.45) is 1.61. The van der Waals surface area contributed by atoms with Crippen molar-refractivity contribution in [2.75, 3.05) is 11.9 Å². The maximum absolute atomic E-state index is 11.8. The second kappa shape index (κ2) is 6.59. The number of furan rings is 1. The summed E-state index contributed by atoms with van der Waals surface area (Å²) < 4.78 is 5.26. The highest BCUT2D eigenvalue weighted by Crippen LogP contribution is 2.19. The standard InChI is InChI=1S/C15H17ClN2O2/c1-10-5-6-12(8-13(10)16)18-15(19)9-17-11(2)14-4-3-7-20-14/h3-8,11,17H,9H2,1-2H3,(H,18,19)/t11-/m0/s1. The summed E-state index contributed by atoms with van der Waals surface area (Å²) in [5, 5.41) is 6.52. The summed E-state index contributed by atoms with van der Waals surface area (Å²) in [6.45, 7) is 4.06. The Hall–Kier alpha value is -1.78. The largest absolute Gasteiger partial charge is 0.468 e. The molecule has 1 aromatic heterocycles. The van der Waals surface area contributed by atoms with Gasteiger partial charge in [-0.05, 0) is 43.7 Å². The topological polar surface area (TPSA) is 54.3 Å². The SMILES string of the molecule is Cc1ccc(NC(=O)CN[C@@H](C)c2ccco2)cc1Cl. The quantitative estimate of drug-likeness (QED) is 0.886. The zero-order valence-corrected chi connectivity index (χ0v) is 12.2. The Kier molecular flexibility index (Phi) is 4.82. The van der Waals surface area contributed by atoms with Crippen molar-refractivity contribution < 1.29 is 9.21 Å². The van der Waals surface area contributed by atoms with Crippen molar-refractivity contribution in [1.29, 1.82) is 0 Å². The smallest absolute Gasteiger partial charge is 0.238 e. The molecule has 1 amide bonds. The number of halogens is 1. The summed E-state index contributed by atoms with van der Waals surface area (Å²) in [4.78, 5) is 11.8. The van der Waals surface area contributed by atoms with Crippen molar-refractivity contribution in [3.63, 3.8) is 0 Å². The first-order valence-electron chi connectivity index (χ1n) is 6.39. The van der Waals surface area contributed by atoms with Gasteiger partial charge in [0.2, 0.25) is 5.91 Å². The molecular formula is C15H17ClN2O2. The van der Waals surface area contributed by atoms with Crippen LogP contribution < -0.4 is 10.6 Å². The van der Waals surface area contributed by atoms with Gasteiger partial charge in [-0.1, -0.05) is 17.7 Å². The Morgan fingerprint density at radius 3 is 2.85 bits per heavy atom. The van der Waals surface area contributed by atoms with Crippen molar-refractivity contribution in [3.8, 4) is 0 Å². The molecule has 1 aromatic carbocycles. The van der Waals surface area contributed by atoms with Crippen LogP contribution in [0, 0.1) is 6.92 Å². The molecule has 0 unspecified atom stereocenters. The van der Waals surface area contributed by atoms with Crippen LogP contribution in [0.3, 0.4) is 0 Å². The molecule has 2 rings (SSSR count). The van der Waals surface area contributed by atoms with Gasteiger partial charge in [-0.25, -0.2) is 0 Å². The first-order valence-corrected chi connectivity index (χ1v) is 6.77. The fourth-order valence-electron chi connectivity index (χ4n) is 1.76. The minimum absolute atomic E-state index is 0.0163. The Balaban J connectivity index is 1.85. The Morgan fingerprint density at radius 2 is 2.20 bits per heavy atom. The number of rotatable bonds is 5. The molecule has 1 atom stereocenters. The first kappa shape index (κ1) is 14.6. The number of nitrogens with one attached hydrogen (secondary N) is 2. The molecule has 0 aliphatic rings. The second-order valence-electron chi connectivity index (χ2n) is 4.63. The highest BCUT2D eigenvalue weighted by molar-refractivity contribution is 6.31. The van der Waals surface area contributed by atoms with Crippen LogP contribution in [-0.4, -0.2) is 12.5 Å². The number of aryl methyl sites for hydroxylation is 1. The number of amides is 1. The van der Waals surface area contributed by atoms with Crippen LogP contribution in [0.2, 0.25) is 5.02 Å². The monoisotopic (exact) mass is 292 g/mol. The number of carbonyl (C=O) groups excluding carboxylic acids is 1. The van der Waals surface area contributed by atoms with Crippen LogP contribution in [0.5, 0.6) is 0 Å². The summed E-state index contributed by atoms with van der Waals surface area (Å²) in [5.41, 5.74) is 1.67. The minimum atomic E-state index is -0.122. The summed E-state index contributed by atoms with van der Waals surface area (Å²) >= 11 is 6.01. The fourth-order valence-corrected chi connectivity index (χ4v) is 1.94. The van der Waals surface area contributed by atoms with E-state index in [0.29, 0.717) is 10.7 Å². The highest BCUT2D eigenvalue weighted by atomic mass is 35.5. The van der Waals surface area contributed by atoms with Gasteiger partial charge in [-0.3, -0.25) is 10.1 Å². The van der Waals surface area contributed by atoms with Crippen LogP contribution >= 0.6 is 11.6 Å². The van der Waals surface area contributed by atoms with Crippen molar-refractivity contribution >= 4 is 23.2 Å². The van der Waals surface area contributed by atoms with E-state index in [1.165, 1.54) is 0 Å². The molecule has 1 heterocycles. The van der Waals surface area contributed by atoms with E-state index in [0.717, 1.165) is 11.3 Å². The molecule has 2 N–H and O–H groups in total. The van der Waals surface area contributed by atoms with Crippen LogP contribution in [-0.2, 0) is 4.79 Å². The molecule has 0 saturated heterocycles. The van der Waals surface area contributed by atoms with E-state index < -0.39 is 0 Å². The molecule has 5 heteroatoms. The molecule has 0 aliphatic heterocycles. The third-order valence-corrected chi connectivity index (χ3v) is 3.40. The van der Waals surface area contributed by atoms with Gasteiger partial charge >= 0.3 is 0 Å². The number of hydrogen-bond acceptors (Lipinski definition) is 3. The summed E-state index contributed by atoms with van der Waals surface area (Å²) in [7, 11) is 0.